The summed E-state index contributed by atoms with van der Waals surface area (Å²) in [5, 5.41) is 8.45. The molecule has 0 saturated carbocycles. The van der Waals surface area contributed by atoms with Gasteiger partial charge in [0.25, 0.3) is 0 Å². The number of pyridine rings is 1. The van der Waals surface area contributed by atoms with Crippen molar-refractivity contribution in [2.45, 2.75) is 119 Å². The molecule has 3 aliphatic rings. The molecule has 0 bridgehead atoms. The van der Waals surface area contributed by atoms with Gasteiger partial charge in [-0.15, -0.1) is 106 Å². The molecule has 15 aromatic carbocycles. The van der Waals surface area contributed by atoms with Gasteiger partial charge in [0, 0.05) is 130 Å². The molecule has 0 unspecified atom stereocenters. The maximum atomic E-state index is 5.25. The van der Waals surface area contributed by atoms with Crippen molar-refractivity contribution in [1.29, 1.82) is 0 Å². The first-order valence-electron chi connectivity index (χ1n) is 47.5. The zero-order chi connectivity index (χ0) is 95.8. The molecule has 6 aromatic heterocycles. The van der Waals surface area contributed by atoms with Gasteiger partial charge < -0.3 is 43.1 Å². The van der Waals surface area contributed by atoms with Gasteiger partial charge in [-0.05, 0) is 138 Å². The summed E-state index contributed by atoms with van der Waals surface area (Å²) < 4.78 is 6.66. The Bertz CT molecular complexity index is 7230. The van der Waals surface area contributed by atoms with Gasteiger partial charge in [0.1, 0.15) is 23.8 Å². The molecule has 0 fully saturated rings. The summed E-state index contributed by atoms with van der Waals surface area (Å²) in [7, 11) is 12.5. The zero-order valence-electron chi connectivity index (χ0n) is 82.6. The Morgan fingerprint density at radius 1 is 0.248 bits per heavy atom. The minimum absolute atomic E-state index is 0. The molecule has 21 aromatic rings. The van der Waals surface area contributed by atoms with Gasteiger partial charge in [0.2, 0.25) is 0 Å². The fourth-order valence-electron chi connectivity index (χ4n) is 19.7. The number of anilines is 9. The largest absolute Gasteiger partial charge is 3.00 e. The molecule has 3 aliphatic heterocycles. The van der Waals surface area contributed by atoms with Crippen molar-refractivity contribution in [2.75, 3.05) is 50.5 Å². The molecule has 0 spiro atoms. The van der Waals surface area contributed by atoms with Crippen LogP contribution < -0.4 is 29.4 Å². The van der Waals surface area contributed by atoms with Crippen molar-refractivity contribution >= 4 is 149 Å². The zero-order valence-corrected chi connectivity index (χ0v) is 89.8. The normalized spacial score (nSPS) is 12.5. The van der Waals surface area contributed by atoms with Crippen molar-refractivity contribution in [3.05, 3.63) is 388 Å². The van der Waals surface area contributed by atoms with E-state index in [9.17, 15) is 0 Å². The number of aromatic nitrogens is 11. The van der Waals surface area contributed by atoms with Crippen molar-refractivity contribution < 1.29 is 60.3 Å². The fourth-order valence-corrected chi connectivity index (χ4v) is 19.7. The molecule has 17 nitrogen and oxygen atoms in total. The summed E-state index contributed by atoms with van der Waals surface area (Å²) in [4.78, 5) is 51.5. The van der Waals surface area contributed by atoms with Crippen LogP contribution in [-0.2, 0) is 81.5 Å². The number of benzene rings is 15. The van der Waals surface area contributed by atoms with E-state index in [0.717, 1.165) is 133 Å². The maximum absolute atomic E-state index is 5.25. The first kappa shape index (κ1) is 100. The summed E-state index contributed by atoms with van der Waals surface area (Å²) in [6.07, 6.45) is 8.89. The van der Waals surface area contributed by atoms with Crippen LogP contribution in [-0.4, -0.2) is 74.7 Å². The molecule has 20 heteroatoms. The number of hydrogen-bond acceptors (Lipinski definition) is 14. The fraction of sp³-hybridized carbons (Fsp3) is 0.198. The molecule has 0 aliphatic carbocycles. The number of hydrogen-bond donors (Lipinski definition) is 0. The van der Waals surface area contributed by atoms with Crippen molar-refractivity contribution in [1.82, 2.24) is 53.6 Å². The van der Waals surface area contributed by atoms with E-state index in [2.05, 4.69) is 410 Å². The van der Waals surface area contributed by atoms with Gasteiger partial charge in [0.05, 0.1) is 27.6 Å². The third-order valence-electron chi connectivity index (χ3n) is 26.4. The molecular weight excluding hydrogens is 2270 g/mol. The molecule has 9 heterocycles. The van der Waals surface area contributed by atoms with E-state index in [1.54, 1.807) is 18.7 Å². The van der Waals surface area contributed by atoms with Crippen LogP contribution in [0.3, 0.4) is 0 Å². The maximum Gasteiger partial charge on any atom is 3.00 e. The van der Waals surface area contributed by atoms with Gasteiger partial charge in [-0.2, -0.15) is 111 Å². The summed E-state index contributed by atoms with van der Waals surface area (Å²) in [6.45, 7) is 33.2. The van der Waals surface area contributed by atoms with Gasteiger partial charge >= 0.3 is 60.3 Å². The predicted octanol–water partition coefficient (Wildman–Crippen LogP) is 29.3. The van der Waals surface area contributed by atoms with Gasteiger partial charge in [-0.25, -0.2) is 9.97 Å². The number of imidazole rings is 3. The van der Waals surface area contributed by atoms with Crippen LogP contribution in [0.2, 0.25) is 0 Å². The molecule has 24 rings (SSSR count). The first-order valence-corrected chi connectivity index (χ1v) is 47.5. The second kappa shape index (κ2) is 43.2. The predicted molar refractivity (Wildman–Crippen MR) is 573 cm³/mol. The van der Waals surface area contributed by atoms with E-state index in [1.807, 2.05) is 109 Å². The minimum Gasteiger partial charge on any atom is -0.504 e. The van der Waals surface area contributed by atoms with Gasteiger partial charge in [-0.3, -0.25) is 29.9 Å². The Hall–Kier alpha value is -13.7. The molecule has 708 valence electrons. The van der Waals surface area contributed by atoms with Gasteiger partial charge in [0.15, 0.2) is 0 Å². The van der Waals surface area contributed by atoms with E-state index >= 15 is 0 Å². The Morgan fingerprint density at radius 2 is 0.553 bits per heavy atom. The van der Waals surface area contributed by atoms with Gasteiger partial charge in [-0.1, -0.05) is 196 Å². The average molecular weight is 2380 g/mol. The summed E-state index contributed by atoms with van der Waals surface area (Å²) in [5.74, 6) is 5.43. The third-order valence-corrected chi connectivity index (χ3v) is 26.4. The van der Waals surface area contributed by atoms with E-state index in [1.165, 1.54) is 84.2 Å². The van der Waals surface area contributed by atoms with E-state index in [0.29, 0.717) is 35.5 Å². The average Bonchev–Trinajstić information content (AvgIpc) is 1.57. The third kappa shape index (κ3) is 19.1. The number of nitrogens with zero attached hydrogens (tertiary/aromatic N) is 17. The molecule has 0 atom stereocenters. The van der Waals surface area contributed by atoms with E-state index < -0.39 is 0 Å². The van der Waals surface area contributed by atoms with Crippen LogP contribution in [0.4, 0.5) is 51.2 Å². The molecule has 141 heavy (non-hydrogen) atoms. The number of para-hydroxylation sites is 9. The Morgan fingerprint density at radius 3 is 0.922 bits per heavy atom. The van der Waals surface area contributed by atoms with Crippen molar-refractivity contribution in [3.63, 3.8) is 0 Å². The standard InChI is InChI=1S/C27H26N3.2C26H25N4.3C14H12N2.3Ir/c1-16(2)18-12-8-13-19(17(3)4)23(18)27-29-25-21-11-7-6-10-20(21)24-22(14-9-15-28-24)26(25)30(27)5;1-15(2)17-11-8-12-18(16(3)4)22(17)26-29-24-20-10-7-6-9-19(20)21-13-27-14-28-23(21)25(24)30(26)5;1-15(2)17-11-8-12-18(16(3)4)21(17)26-29-23-20-10-7-6-9-19(20)22-24(25(23)30(26)5)28-14-13-27-22;3*1-15-11-16(12-7-3-2-4-8-12)14-10-6-5-9-13(14)15;;;/h6-10,12-17H,1-5H3;2*6-9,11-16H,1-5H3;3*2-7,9-11H,1H3;;;/q3*-1;3*-2;3*+3. The topological polar surface area (TPSA) is 137 Å². The Labute approximate surface area is 868 Å². The first-order chi connectivity index (χ1) is 67.0. The second-order valence-electron chi connectivity index (χ2n) is 37.3. The van der Waals surface area contributed by atoms with Crippen LogP contribution in [0, 0.1) is 56.4 Å². The second-order valence-corrected chi connectivity index (χ2v) is 37.3. The van der Waals surface area contributed by atoms with Crippen molar-refractivity contribution in [3.8, 4) is 34.2 Å². The molecule has 0 radical (unpaired) electrons. The number of aryl methyl sites for hydroxylation is 3. The minimum atomic E-state index is 0. The molecule has 0 N–H and O–H groups in total. The van der Waals surface area contributed by atoms with Crippen molar-refractivity contribution in [2.24, 2.45) is 21.1 Å². The van der Waals surface area contributed by atoms with E-state index in [-0.39, 0.29) is 60.3 Å². The summed E-state index contributed by atoms with van der Waals surface area (Å²) in [6, 6.07) is 111. The number of rotatable bonds is 12. The Kier molecular flexibility index (Phi) is 30.7. The summed E-state index contributed by atoms with van der Waals surface area (Å²) in [5.41, 5.74) is 32.0. The molecule has 0 saturated heterocycles. The quantitative estimate of drug-likeness (QED) is 0.0847. The van der Waals surface area contributed by atoms with Crippen LogP contribution in [0.15, 0.2) is 298 Å². The monoisotopic (exact) mass is 2380 g/mol. The summed E-state index contributed by atoms with van der Waals surface area (Å²) >= 11 is 0. The van der Waals surface area contributed by atoms with Crippen LogP contribution in [0.5, 0.6) is 0 Å². The molecular formula is C121H112Ir3N17. The van der Waals surface area contributed by atoms with Crippen LogP contribution >= 0.6 is 0 Å². The smallest absolute Gasteiger partial charge is 0.504 e. The SMILES string of the molecule is CC(C)c1cccc(C(C)C)c1-c1nc2c3[c-]cccc3c3cncnc3c2n1C.CC(C)c1cccc(C(C)C)c1-c1nc2c3[c-]cccc3c3ncccc3c2n1C.CC(C)c1cccc(C(C)C)c1-c1nc2c3[c-]cccc3c3nccnc3c2n1C.CN1[CH-]N(c2[c-]cccc2)c2ccccc21.CN1[CH-]N(c2[c-]cccc2)c2ccccc21.CN1[CH-]N(c2[c-]cccc2)c2ccccc21.[Ir+3].[Ir+3].[Ir+3]. The van der Waals surface area contributed by atoms with Crippen LogP contribution in [0.25, 0.3) is 132 Å². The van der Waals surface area contributed by atoms with Crippen LogP contribution in [0.1, 0.15) is 152 Å². The Balaban J connectivity index is 0.000000124. The molecule has 0 amide bonds. The van der Waals surface area contributed by atoms with E-state index in [4.69, 9.17) is 24.9 Å². The number of fused-ring (bicyclic) bond motifs is 21.